The van der Waals surface area contributed by atoms with E-state index in [0.29, 0.717) is 39.6 Å². The van der Waals surface area contributed by atoms with Crippen molar-refractivity contribution in [2.24, 2.45) is 0 Å². The summed E-state index contributed by atoms with van der Waals surface area (Å²) in [5.74, 6) is 0. The standard InChI is InChI=1S/C12H31BO9Si2/c1-7-15-23(16-8-2,17-9-3)21-13(14)22-24(18-10-4,19-11-5)20-12-6/h14H,7-12H2,1-6H3. The highest BCUT2D eigenvalue weighted by Crippen LogP contribution is 2.18. The zero-order valence-electron chi connectivity index (χ0n) is 15.5. The van der Waals surface area contributed by atoms with Crippen LogP contribution in [0.5, 0.6) is 0 Å². The van der Waals surface area contributed by atoms with Crippen molar-refractivity contribution in [3.05, 3.63) is 0 Å². The molecule has 0 heterocycles. The lowest BCUT2D eigenvalue weighted by atomic mass is 10.3. The zero-order valence-corrected chi connectivity index (χ0v) is 17.5. The maximum atomic E-state index is 10.2. The van der Waals surface area contributed by atoms with Crippen molar-refractivity contribution in [1.29, 1.82) is 0 Å². The maximum Gasteiger partial charge on any atom is 0.668 e. The van der Waals surface area contributed by atoms with Gasteiger partial charge in [0.05, 0.1) is 0 Å². The molecular weight excluding hydrogens is 355 g/mol. The summed E-state index contributed by atoms with van der Waals surface area (Å²) in [6.45, 7) is 12.4. The van der Waals surface area contributed by atoms with E-state index < -0.39 is 25.4 Å². The average Bonchev–Trinajstić information content (AvgIpc) is 2.48. The van der Waals surface area contributed by atoms with Crippen molar-refractivity contribution in [1.82, 2.24) is 0 Å². The molecule has 9 nitrogen and oxygen atoms in total. The normalized spacial score (nSPS) is 12.6. The van der Waals surface area contributed by atoms with Gasteiger partial charge in [-0.15, -0.1) is 0 Å². The second-order valence-corrected chi connectivity index (χ2v) is 8.34. The van der Waals surface area contributed by atoms with Gasteiger partial charge in [-0.3, -0.25) is 0 Å². The molecule has 0 aliphatic rings. The van der Waals surface area contributed by atoms with Crippen LogP contribution in [0.3, 0.4) is 0 Å². The molecule has 0 aromatic rings. The van der Waals surface area contributed by atoms with Gasteiger partial charge in [0.25, 0.3) is 0 Å². The first kappa shape index (κ1) is 24.1. The summed E-state index contributed by atoms with van der Waals surface area (Å²) < 4.78 is 43.9. The number of hydrogen-bond donors (Lipinski definition) is 1. The molecular formula is C12H31BO9Si2. The Morgan fingerprint density at radius 2 is 0.750 bits per heavy atom. The van der Waals surface area contributed by atoms with E-state index in [2.05, 4.69) is 0 Å². The van der Waals surface area contributed by atoms with Crippen LogP contribution in [0.25, 0.3) is 0 Å². The molecule has 0 rings (SSSR count). The van der Waals surface area contributed by atoms with Crippen molar-refractivity contribution in [3.63, 3.8) is 0 Å². The molecule has 0 aliphatic carbocycles. The third-order valence-corrected chi connectivity index (χ3v) is 7.25. The van der Waals surface area contributed by atoms with E-state index in [1.807, 2.05) is 0 Å². The monoisotopic (exact) mass is 386 g/mol. The molecule has 12 heteroatoms. The van der Waals surface area contributed by atoms with Crippen molar-refractivity contribution >= 4 is 25.4 Å². The minimum atomic E-state index is -3.55. The number of rotatable bonds is 16. The van der Waals surface area contributed by atoms with Crippen LogP contribution in [0.1, 0.15) is 41.5 Å². The molecule has 0 fully saturated rings. The highest BCUT2D eigenvalue weighted by Gasteiger charge is 2.54. The van der Waals surface area contributed by atoms with E-state index in [1.54, 1.807) is 41.5 Å². The van der Waals surface area contributed by atoms with Gasteiger partial charge in [0.15, 0.2) is 0 Å². The fraction of sp³-hybridized carbons (Fsp3) is 1.00. The molecule has 0 amide bonds. The zero-order chi connectivity index (χ0) is 18.5. The maximum absolute atomic E-state index is 10.2. The van der Waals surface area contributed by atoms with Gasteiger partial charge < -0.3 is 40.3 Å². The molecule has 0 saturated carbocycles. The summed E-state index contributed by atoms with van der Waals surface area (Å²) in [6, 6.07) is 0. The molecule has 0 bridgehead atoms. The lowest BCUT2D eigenvalue weighted by Crippen LogP contribution is -2.58. The van der Waals surface area contributed by atoms with Crippen LogP contribution in [-0.4, -0.2) is 70.1 Å². The molecule has 0 unspecified atom stereocenters. The summed E-state index contributed by atoms with van der Waals surface area (Å²) in [5.41, 5.74) is 0. The van der Waals surface area contributed by atoms with E-state index in [1.165, 1.54) is 0 Å². The Hall–Kier alpha value is 0.139. The molecule has 1 N–H and O–H groups in total. The van der Waals surface area contributed by atoms with Crippen LogP contribution < -0.4 is 0 Å². The topological polar surface area (TPSA) is 94.1 Å². The van der Waals surface area contributed by atoms with Crippen LogP contribution in [0.15, 0.2) is 0 Å². The molecule has 0 aromatic carbocycles. The first-order valence-corrected chi connectivity index (χ1v) is 11.6. The van der Waals surface area contributed by atoms with E-state index in [-0.39, 0.29) is 0 Å². The van der Waals surface area contributed by atoms with Crippen molar-refractivity contribution in [2.45, 2.75) is 41.5 Å². The first-order valence-electron chi connectivity index (χ1n) is 8.34. The van der Waals surface area contributed by atoms with Gasteiger partial charge in [-0.05, 0) is 41.5 Å². The second-order valence-electron chi connectivity index (χ2n) is 4.14. The molecule has 0 atom stereocenters. The molecule has 0 aliphatic heterocycles. The highest BCUT2D eigenvalue weighted by atomic mass is 28.4. The van der Waals surface area contributed by atoms with Gasteiger partial charge in [-0.1, -0.05) is 0 Å². The van der Waals surface area contributed by atoms with E-state index in [9.17, 15) is 5.02 Å². The van der Waals surface area contributed by atoms with Gasteiger partial charge in [-0.25, -0.2) is 0 Å². The predicted molar refractivity (Wildman–Crippen MR) is 91.4 cm³/mol. The largest absolute Gasteiger partial charge is 0.668 e. The fourth-order valence-corrected chi connectivity index (χ4v) is 5.50. The Morgan fingerprint density at radius 1 is 0.542 bits per heavy atom. The Balaban J connectivity index is 5.12. The minimum Gasteiger partial charge on any atom is -0.403 e. The molecule has 0 saturated heterocycles. The van der Waals surface area contributed by atoms with Crippen LogP contribution in [0.2, 0.25) is 0 Å². The smallest absolute Gasteiger partial charge is 0.403 e. The van der Waals surface area contributed by atoms with Gasteiger partial charge >= 0.3 is 25.4 Å². The van der Waals surface area contributed by atoms with Gasteiger partial charge in [0, 0.05) is 39.6 Å². The van der Waals surface area contributed by atoms with Crippen molar-refractivity contribution < 1.29 is 40.3 Å². The van der Waals surface area contributed by atoms with Gasteiger partial charge in [0.2, 0.25) is 0 Å². The van der Waals surface area contributed by atoms with Crippen LogP contribution >= 0.6 is 0 Å². The van der Waals surface area contributed by atoms with E-state index in [0.717, 1.165) is 0 Å². The summed E-state index contributed by atoms with van der Waals surface area (Å²) in [5, 5.41) is 10.2. The van der Waals surface area contributed by atoms with Crippen molar-refractivity contribution in [2.75, 3.05) is 39.6 Å². The third kappa shape index (κ3) is 8.49. The Kier molecular flexibility index (Phi) is 13.4. The molecule has 0 aromatic heterocycles. The highest BCUT2D eigenvalue weighted by molar-refractivity contribution is 6.67. The Labute approximate surface area is 147 Å². The van der Waals surface area contributed by atoms with Crippen molar-refractivity contribution in [3.8, 4) is 0 Å². The van der Waals surface area contributed by atoms with E-state index in [4.69, 9.17) is 35.2 Å². The third-order valence-electron chi connectivity index (χ3n) is 2.42. The first-order chi connectivity index (χ1) is 11.5. The molecule has 0 spiro atoms. The lowest BCUT2D eigenvalue weighted by molar-refractivity contribution is -0.0260. The minimum absolute atomic E-state index is 0.296. The summed E-state index contributed by atoms with van der Waals surface area (Å²) in [6.07, 6.45) is 0. The average molecular weight is 386 g/mol. The lowest BCUT2D eigenvalue weighted by Gasteiger charge is -2.31. The summed E-state index contributed by atoms with van der Waals surface area (Å²) >= 11 is 0. The molecule has 0 radical (unpaired) electrons. The Bertz CT molecular complexity index is 252. The summed E-state index contributed by atoms with van der Waals surface area (Å²) in [4.78, 5) is 0. The van der Waals surface area contributed by atoms with E-state index >= 15 is 0 Å². The van der Waals surface area contributed by atoms with Crippen LogP contribution in [0, 0.1) is 0 Å². The van der Waals surface area contributed by atoms with Crippen LogP contribution in [0.4, 0.5) is 0 Å². The molecule has 144 valence electrons. The SMILES string of the molecule is CCO[Si](OCC)(OCC)OB(O)O[Si](OCC)(OCC)OCC. The molecule has 24 heavy (non-hydrogen) atoms. The summed E-state index contributed by atoms with van der Waals surface area (Å²) in [7, 11) is -8.83. The quantitative estimate of drug-likeness (QED) is 0.391. The second kappa shape index (κ2) is 13.4. The fourth-order valence-electron chi connectivity index (χ4n) is 1.79. The Morgan fingerprint density at radius 3 is 0.917 bits per heavy atom. The van der Waals surface area contributed by atoms with Gasteiger partial charge in [0.1, 0.15) is 0 Å². The number of hydrogen-bond acceptors (Lipinski definition) is 9. The van der Waals surface area contributed by atoms with Crippen LogP contribution in [-0.2, 0) is 35.2 Å². The predicted octanol–water partition coefficient (Wildman–Crippen LogP) is 1.09. The van der Waals surface area contributed by atoms with Gasteiger partial charge in [-0.2, -0.15) is 0 Å².